The van der Waals surface area contributed by atoms with Crippen LogP contribution in [0.25, 0.3) is 0 Å². The third-order valence-corrected chi connectivity index (χ3v) is 4.93. The van der Waals surface area contributed by atoms with Gasteiger partial charge in [0.25, 0.3) is 0 Å². The number of fused-ring (bicyclic) bond motifs is 1. The van der Waals surface area contributed by atoms with Gasteiger partial charge in [0.15, 0.2) is 0 Å². The molecule has 0 spiro atoms. The second kappa shape index (κ2) is 5.66. The third kappa shape index (κ3) is 3.02. The van der Waals surface area contributed by atoms with Gasteiger partial charge in [-0.1, -0.05) is 13.8 Å². The molecule has 106 valence electrons. The lowest BCUT2D eigenvalue weighted by Crippen LogP contribution is -2.34. The fraction of sp³-hybridized carbons (Fsp3) is 0.812. The van der Waals surface area contributed by atoms with E-state index >= 15 is 0 Å². The van der Waals surface area contributed by atoms with Gasteiger partial charge in [-0.25, -0.2) is 4.98 Å². The van der Waals surface area contributed by atoms with Crippen LogP contribution in [-0.2, 0) is 19.4 Å². The number of aromatic nitrogens is 2. The van der Waals surface area contributed by atoms with Crippen molar-refractivity contribution in [2.24, 2.45) is 11.8 Å². The summed E-state index contributed by atoms with van der Waals surface area (Å²) >= 11 is 0. The number of piperidine rings is 1. The Bertz CT molecular complexity index is 416. The van der Waals surface area contributed by atoms with Gasteiger partial charge >= 0.3 is 0 Å². The quantitative estimate of drug-likeness (QED) is 0.834. The van der Waals surface area contributed by atoms with Crippen molar-refractivity contribution in [3.8, 4) is 0 Å². The summed E-state index contributed by atoms with van der Waals surface area (Å²) in [6, 6.07) is 0. The molecule has 1 aromatic heterocycles. The second-order valence-corrected chi connectivity index (χ2v) is 6.53. The van der Waals surface area contributed by atoms with Gasteiger partial charge in [0.1, 0.15) is 5.82 Å². The van der Waals surface area contributed by atoms with E-state index in [0.29, 0.717) is 0 Å². The van der Waals surface area contributed by atoms with Gasteiger partial charge in [-0.05, 0) is 57.2 Å². The summed E-state index contributed by atoms with van der Waals surface area (Å²) in [5.41, 5.74) is 1.35. The highest BCUT2D eigenvalue weighted by molar-refractivity contribution is 5.07. The van der Waals surface area contributed by atoms with Crippen molar-refractivity contribution in [1.82, 2.24) is 14.5 Å². The Morgan fingerprint density at radius 2 is 2.05 bits per heavy atom. The van der Waals surface area contributed by atoms with Gasteiger partial charge < -0.3 is 9.47 Å². The molecule has 0 amide bonds. The first kappa shape index (κ1) is 13.2. The topological polar surface area (TPSA) is 21.1 Å². The first-order valence-electron chi connectivity index (χ1n) is 8.02. The van der Waals surface area contributed by atoms with Crippen molar-refractivity contribution >= 4 is 0 Å². The number of rotatable bonds is 3. The monoisotopic (exact) mass is 261 g/mol. The lowest BCUT2D eigenvalue weighted by molar-refractivity contribution is 0.191. The molecule has 1 saturated heterocycles. The Kier molecular flexibility index (Phi) is 3.92. The number of hydrogen-bond acceptors (Lipinski definition) is 2. The van der Waals surface area contributed by atoms with Gasteiger partial charge in [0.2, 0.25) is 0 Å². The number of likely N-dealkylation sites (tertiary alicyclic amines) is 1. The molecule has 0 saturated carbocycles. The summed E-state index contributed by atoms with van der Waals surface area (Å²) in [7, 11) is 0. The van der Waals surface area contributed by atoms with Crippen LogP contribution in [0.3, 0.4) is 0 Å². The maximum atomic E-state index is 4.87. The predicted molar refractivity (Wildman–Crippen MR) is 78.3 cm³/mol. The number of nitrogens with zero attached hydrogens (tertiary/aromatic N) is 3. The molecule has 0 N–H and O–H groups in total. The Labute approximate surface area is 117 Å². The van der Waals surface area contributed by atoms with E-state index in [0.717, 1.165) is 11.8 Å². The van der Waals surface area contributed by atoms with Crippen molar-refractivity contribution in [3.63, 3.8) is 0 Å². The first-order valence-corrected chi connectivity index (χ1v) is 8.02. The van der Waals surface area contributed by atoms with Crippen LogP contribution in [0.5, 0.6) is 0 Å². The highest BCUT2D eigenvalue weighted by atomic mass is 15.1. The normalized spacial score (nSPS) is 25.5. The number of hydrogen-bond donors (Lipinski definition) is 0. The van der Waals surface area contributed by atoms with Crippen LogP contribution < -0.4 is 0 Å². The fourth-order valence-corrected chi connectivity index (χ4v) is 3.57. The molecule has 19 heavy (non-hydrogen) atoms. The lowest BCUT2D eigenvalue weighted by atomic mass is 9.92. The average Bonchev–Trinajstić information content (AvgIpc) is 2.81. The Morgan fingerprint density at radius 1 is 1.26 bits per heavy atom. The van der Waals surface area contributed by atoms with E-state index < -0.39 is 0 Å². The van der Waals surface area contributed by atoms with Gasteiger partial charge in [0.05, 0.1) is 5.69 Å². The van der Waals surface area contributed by atoms with Crippen LogP contribution in [0.15, 0.2) is 6.20 Å². The summed E-state index contributed by atoms with van der Waals surface area (Å²) < 4.78 is 2.41. The summed E-state index contributed by atoms with van der Waals surface area (Å²) in [6.07, 6.45) is 8.72. The molecule has 0 aliphatic carbocycles. The second-order valence-electron chi connectivity index (χ2n) is 6.53. The zero-order chi connectivity index (χ0) is 13.2. The molecule has 3 heterocycles. The fourth-order valence-electron chi connectivity index (χ4n) is 3.57. The maximum Gasteiger partial charge on any atom is 0.108 e. The largest absolute Gasteiger partial charge is 0.334 e. The minimum Gasteiger partial charge on any atom is -0.334 e. The first-order chi connectivity index (χ1) is 9.24. The van der Waals surface area contributed by atoms with E-state index in [-0.39, 0.29) is 0 Å². The van der Waals surface area contributed by atoms with Crippen molar-refractivity contribution in [3.05, 3.63) is 17.7 Å². The Balaban J connectivity index is 1.59. The summed E-state index contributed by atoms with van der Waals surface area (Å²) in [4.78, 5) is 7.43. The Morgan fingerprint density at radius 3 is 2.79 bits per heavy atom. The highest BCUT2D eigenvalue weighted by Gasteiger charge is 2.21. The van der Waals surface area contributed by atoms with E-state index in [1.807, 2.05) is 0 Å². The van der Waals surface area contributed by atoms with Crippen molar-refractivity contribution < 1.29 is 0 Å². The van der Waals surface area contributed by atoms with E-state index in [2.05, 4.69) is 29.5 Å². The maximum absolute atomic E-state index is 4.87. The molecule has 0 radical (unpaired) electrons. The molecule has 3 nitrogen and oxygen atoms in total. The average molecular weight is 261 g/mol. The molecule has 0 bridgehead atoms. The molecule has 3 rings (SSSR count). The molecule has 1 atom stereocenters. The number of imidazole rings is 1. The predicted octanol–water partition coefficient (Wildman–Crippen LogP) is 2.74. The SMILES string of the molecule is CCN1CCC(Cc2cn3c(n2)CCC(C)C3)CC1. The minimum absolute atomic E-state index is 0.822. The van der Waals surface area contributed by atoms with Crippen molar-refractivity contribution in [2.45, 2.75) is 52.5 Å². The van der Waals surface area contributed by atoms with Gasteiger partial charge in [-0.2, -0.15) is 0 Å². The van der Waals surface area contributed by atoms with Gasteiger partial charge in [0, 0.05) is 19.2 Å². The molecule has 1 aromatic rings. The van der Waals surface area contributed by atoms with Crippen molar-refractivity contribution in [1.29, 1.82) is 0 Å². The van der Waals surface area contributed by atoms with Crippen LogP contribution >= 0.6 is 0 Å². The summed E-state index contributed by atoms with van der Waals surface area (Å²) in [5.74, 6) is 3.01. The van der Waals surface area contributed by atoms with Crippen LogP contribution in [0.2, 0.25) is 0 Å². The summed E-state index contributed by atoms with van der Waals surface area (Å²) in [6.45, 7) is 9.57. The molecule has 2 aliphatic rings. The third-order valence-electron chi connectivity index (χ3n) is 4.93. The van der Waals surface area contributed by atoms with E-state index in [1.165, 1.54) is 69.8 Å². The molecule has 0 aromatic carbocycles. The van der Waals surface area contributed by atoms with Crippen LogP contribution in [0.1, 0.15) is 44.6 Å². The highest BCUT2D eigenvalue weighted by Crippen LogP contribution is 2.24. The van der Waals surface area contributed by atoms with Gasteiger partial charge in [-0.3, -0.25) is 0 Å². The lowest BCUT2D eigenvalue weighted by Gasteiger charge is -2.30. The molecular formula is C16H27N3. The molecular weight excluding hydrogens is 234 g/mol. The Hall–Kier alpha value is -0.830. The van der Waals surface area contributed by atoms with E-state index in [4.69, 9.17) is 4.98 Å². The zero-order valence-electron chi connectivity index (χ0n) is 12.4. The molecule has 3 heteroatoms. The minimum atomic E-state index is 0.822. The molecule has 1 unspecified atom stereocenters. The van der Waals surface area contributed by atoms with Gasteiger partial charge in [-0.15, -0.1) is 0 Å². The number of aryl methyl sites for hydroxylation is 1. The standard InChI is InChI=1S/C16H27N3/c1-3-18-8-6-14(7-9-18)10-15-12-19-11-13(2)4-5-16(19)17-15/h12-14H,3-11H2,1-2H3. The van der Waals surface area contributed by atoms with Crippen LogP contribution in [-0.4, -0.2) is 34.1 Å². The van der Waals surface area contributed by atoms with Crippen molar-refractivity contribution in [2.75, 3.05) is 19.6 Å². The zero-order valence-corrected chi connectivity index (χ0v) is 12.4. The summed E-state index contributed by atoms with van der Waals surface area (Å²) in [5, 5.41) is 0. The van der Waals surface area contributed by atoms with Crippen LogP contribution in [0.4, 0.5) is 0 Å². The molecule has 1 fully saturated rings. The van der Waals surface area contributed by atoms with Crippen LogP contribution in [0, 0.1) is 11.8 Å². The smallest absolute Gasteiger partial charge is 0.108 e. The molecule has 2 aliphatic heterocycles. The van der Waals surface area contributed by atoms with E-state index in [9.17, 15) is 0 Å². The van der Waals surface area contributed by atoms with E-state index in [1.54, 1.807) is 0 Å².